The van der Waals surface area contributed by atoms with E-state index in [0.717, 1.165) is 0 Å². The highest BCUT2D eigenvalue weighted by atomic mass is 16.6. The van der Waals surface area contributed by atoms with Crippen molar-refractivity contribution in [2.45, 2.75) is 32.2 Å². The van der Waals surface area contributed by atoms with Gasteiger partial charge in [-0.05, 0) is 0 Å². The molecule has 1 aliphatic rings. The molecule has 4 nitrogen and oxygen atoms in total. The van der Waals surface area contributed by atoms with Crippen LogP contribution in [0, 0.1) is 5.41 Å². The number of hydrogen-bond donors (Lipinski definition) is 2. The van der Waals surface area contributed by atoms with Gasteiger partial charge in [0.15, 0.2) is 6.10 Å². The number of cyclic esters (lactones) is 1. The van der Waals surface area contributed by atoms with E-state index in [1.54, 1.807) is 19.9 Å². The second kappa shape index (κ2) is 3.12. The molecule has 1 heterocycles. The number of ether oxygens (including phenoxy) is 1. The van der Waals surface area contributed by atoms with E-state index < -0.39 is 29.7 Å². The van der Waals surface area contributed by atoms with Crippen molar-refractivity contribution in [3.05, 3.63) is 12.7 Å². The molecule has 0 bridgehead atoms. The fraction of sp³-hybridized carbons (Fsp3) is 0.667. The van der Waals surface area contributed by atoms with Crippen molar-refractivity contribution in [2.75, 3.05) is 0 Å². The minimum atomic E-state index is -1.43. The molecular weight excluding hydrogens is 172 g/mol. The van der Waals surface area contributed by atoms with E-state index in [2.05, 4.69) is 6.58 Å². The second-order valence-corrected chi connectivity index (χ2v) is 3.82. The summed E-state index contributed by atoms with van der Waals surface area (Å²) in [5, 5.41) is 18.6. The van der Waals surface area contributed by atoms with Gasteiger partial charge in [-0.3, -0.25) is 0 Å². The molecule has 13 heavy (non-hydrogen) atoms. The summed E-state index contributed by atoms with van der Waals surface area (Å²) < 4.78 is 4.83. The summed E-state index contributed by atoms with van der Waals surface area (Å²) in [6.45, 7) is 7.13. The monoisotopic (exact) mass is 186 g/mol. The topological polar surface area (TPSA) is 66.8 Å². The molecule has 0 aromatic carbocycles. The van der Waals surface area contributed by atoms with E-state index in [-0.39, 0.29) is 0 Å². The molecule has 1 rings (SSSR count). The zero-order chi connectivity index (χ0) is 10.2. The lowest BCUT2D eigenvalue weighted by Crippen LogP contribution is -2.39. The number of carbonyl (C=O) groups excluding carboxylic acids is 1. The van der Waals surface area contributed by atoms with Gasteiger partial charge < -0.3 is 14.9 Å². The zero-order valence-electron chi connectivity index (χ0n) is 7.73. The van der Waals surface area contributed by atoms with Crippen LogP contribution in [0.3, 0.4) is 0 Å². The van der Waals surface area contributed by atoms with Crippen molar-refractivity contribution in [1.29, 1.82) is 0 Å². The van der Waals surface area contributed by atoms with Gasteiger partial charge in [0.05, 0.1) is 0 Å². The van der Waals surface area contributed by atoms with E-state index in [0.29, 0.717) is 0 Å². The maximum absolute atomic E-state index is 10.9. The minimum Gasteiger partial charge on any atom is -0.457 e. The smallest absolute Gasteiger partial charge is 0.338 e. The van der Waals surface area contributed by atoms with Crippen LogP contribution in [0.2, 0.25) is 0 Å². The summed E-state index contributed by atoms with van der Waals surface area (Å²) in [6, 6.07) is 0. The largest absolute Gasteiger partial charge is 0.457 e. The average molecular weight is 186 g/mol. The van der Waals surface area contributed by atoms with Gasteiger partial charge in [0.2, 0.25) is 0 Å². The molecule has 0 saturated carbocycles. The van der Waals surface area contributed by atoms with Gasteiger partial charge in [-0.15, -0.1) is 6.58 Å². The zero-order valence-corrected chi connectivity index (χ0v) is 7.73. The lowest BCUT2D eigenvalue weighted by atomic mass is 9.83. The molecule has 4 heteroatoms. The molecule has 2 N–H and O–H groups in total. The first kappa shape index (κ1) is 10.2. The van der Waals surface area contributed by atoms with Gasteiger partial charge in [-0.25, -0.2) is 4.79 Å². The highest BCUT2D eigenvalue weighted by Crippen LogP contribution is 2.32. The fourth-order valence-corrected chi connectivity index (χ4v) is 1.28. The van der Waals surface area contributed by atoms with Crippen LogP contribution in [0.25, 0.3) is 0 Å². The Hall–Kier alpha value is -0.870. The third-order valence-corrected chi connectivity index (χ3v) is 2.38. The van der Waals surface area contributed by atoms with E-state index in [1.165, 1.54) is 0 Å². The Morgan fingerprint density at radius 1 is 1.54 bits per heavy atom. The molecule has 0 aliphatic carbocycles. The summed E-state index contributed by atoms with van der Waals surface area (Å²) in [7, 11) is 0. The molecule has 0 unspecified atom stereocenters. The molecule has 0 radical (unpaired) electrons. The Labute approximate surface area is 76.8 Å². The maximum atomic E-state index is 10.9. The molecule has 0 amide bonds. The Kier molecular flexibility index (Phi) is 2.45. The summed E-state index contributed by atoms with van der Waals surface area (Å²) >= 11 is 0. The first-order valence-electron chi connectivity index (χ1n) is 4.10. The predicted molar refractivity (Wildman–Crippen MR) is 45.9 cm³/mol. The number of esters is 1. The van der Waals surface area contributed by atoms with Crippen molar-refractivity contribution in [3.8, 4) is 0 Å². The lowest BCUT2D eigenvalue weighted by molar-refractivity contribution is -0.149. The van der Waals surface area contributed by atoms with Crippen LogP contribution in [-0.4, -0.2) is 34.5 Å². The Balaban J connectivity index is 2.85. The predicted octanol–water partition coefficient (Wildman–Crippen LogP) is -0.154. The van der Waals surface area contributed by atoms with Crippen molar-refractivity contribution >= 4 is 5.97 Å². The van der Waals surface area contributed by atoms with Crippen molar-refractivity contribution in [1.82, 2.24) is 0 Å². The summed E-state index contributed by atoms with van der Waals surface area (Å²) in [5.41, 5.74) is -0.535. The molecule has 0 spiro atoms. The first-order chi connectivity index (χ1) is 5.90. The van der Waals surface area contributed by atoms with Crippen LogP contribution in [0.5, 0.6) is 0 Å². The normalized spacial score (nSPS) is 34.5. The average Bonchev–Trinajstić information content (AvgIpc) is 2.33. The second-order valence-electron chi connectivity index (χ2n) is 3.82. The molecule has 1 aliphatic heterocycles. The van der Waals surface area contributed by atoms with Gasteiger partial charge >= 0.3 is 5.97 Å². The standard InChI is InChI=1S/C9H14O4/c1-4-9(2,3)7-5(10)6(11)8(12)13-7/h4-7,10-11H,1H2,2-3H3/t5-,6-,7+/m0/s1. The molecule has 3 atom stereocenters. The molecule has 0 aromatic rings. The number of rotatable bonds is 2. The third-order valence-electron chi connectivity index (χ3n) is 2.38. The maximum Gasteiger partial charge on any atom is 0.338 e. The van der Waals surface area contributed by atoms with Gasteiger partial charge in [-0.1, -0.05) is 19.9 Å². The Morgan fingerprint density at radius 2 is 2.08 bits per heavy atom. The number of aliphatic hydroxyl groups is 2. The molecule has 1 saturated heterocycles. The number of hydrogen-bond acceptors (Lipinski definition) is 4. The van der Waals surface area contributed by atoms with Gasteiger partial charge in [0.1, 0.15) is 12.2 Å². The number of carbonyl (C=O) groups is 1. The van der Waals surface area contributed by atoms with Crippen molar-refractivity contribution in [3.63, 3.8) is 0 Å². The van der Waals surface area contributed by atoms with Gasteiger partial charge in [0, 0.05) is 5.41 Å². The summed E-state index contributed by atoms with van der Waals surface area (Å²) in [5.74, 6) is -0.771. The number of aliphatic hydroxyl groups excluding tert-OH is 2. The Morgan fingerprint density at radius 3 is 2.38 bits per heavy atom. The summed E-state index contributed by atoms with van der Waals surface area (Å²) in [6.07, 6.45) is -1.72. The molecule has 1 fully saturated rings. The van der Waals surface area contributed by atoms with Crippen LogP contribution in [-0.2, 0) is 9.53 Å². The summed E-state index contributed by atoms with van der Waals surface area (Å²) in [4.78, 5) is 10.9. The molecular formula is C9H14O4. The molecule has 74 valence electrons. The highest BCUT2D eigenvalue weighted by molar-refractivity contribution is 5.77. The first-order valence-corrected chi connectivity index (χ1v) is 4.10. The van der Waals surface area contributed by atoms with Crippen LogP contribution in [0.4, 0.5) is 0 Å². The third kappa shape index (κ3) is 1.59. The van der Waals surface area contributed by atoms with Crippen molar-refractivity contribution < 1.29 is 19.7 Å². The lowest BCUT2D eigenvalue weighted by Gasteiger charge is -2.28. The van der Waals surface area contributed by atoms with Crippen LogP contribution in [0.15, 0.2) is 12.7 Å². The SMILES string of the molecule is C=CC(C)(C)[C@@H]1OC(=O)[C@@H](O)[C@@H]1O. The van der Waals surface area contributed by atoms with Crippen LogP contribution in [0.1, 0.15) is 13.8 Å². The van der Waals surface area contributed by atoms with Crippen molar-refractivity contribution in [2.24, 2.45) is 5.41 Å². The minimum absolute atomic E-state index is 0.535. The van der Waals surface area contributed by atoms with E-state index in [9.17, 15) is 9.90 Å². The van der Waals surface area contributed by atoms with E-state index in [1.807, 2.05) is 0 Å². The molecule has 0 aromatic heterocycles. The van der Waals surface area contributed by atoms with E-state index in [4.69, 9.17) is 9.84 Å². The highest BCUT2D eigenvalue weighted by Gasteiger charge is 2.48. The Bertz CT molecular complexity index is 234. The van der Waals surface area contributed by atoms with E-state index >= 15 is 0 Å². The van der Waals surface area contributed by atoms with Gasteiger partial charge in [0.25, 0.3) is 0 Å². The van der Waals surface area contributed by atoms with Crippen LogP contribution < -0.4 is 0 Å². The van der Waals surface area contributed by atoms with Gasteiger partial charge in [-0.2, -0.15) is 0 Å². The van der Waals surface area contributed by atoms with Crippen LogP contribution >= 0.6 is 0 Å². The quantitative estimate of drug-likeness (QED) is 0.465. The fourth-order valence-electron chi connectivity index (χ4n) is 1.28.